The Morgan fingerprint density at radius 3 is 2.38 bits per heavy atom. The first-order valence-corrected chi connectivity index (χ1v) is 14.4. The molecule has 0 amide bonds. The van der Waals surface area contributed by atoms with E-state index in [4.69, 9.17) is 25.8 Å². The van der Waals surface area contributed by atoms with Gasteiger partial charge in [0.2, 0.25) is 15.8 Å². The number of hydrogen-bond donors (Lipinski definition) is 0. The number of piperazine rings is 1. The maximum Gasteiger partial charge on any atom is 0.215 e. The molecule has 0 aliphatic carbocycles. The van der Waals surface area contributed by atoms with Crippen LogP contribution in [0, 0.1) is 0 Å². The van der Waals surface area contributed by atoms with E-state index in [0.29, 0.717) is 57.6 Å². The van der Waals surface area contributed by atoms with Crippen LogP contribution in [0.1, 0.15) is 11.1 Å². The third-order valence-corrected chi connectivity index (χ3v) is 8.37. The van der Waals surface area contributed by atoms with Gasteiger partial charge in [0.25, 0.3) is 0 Å². The molecule has 0 spiro atoms. The third kappa shape index (κ3) is 6.17. The largest absolute Gasteiger partial charge is 0.369 e. The molecule has 37 heavy (non-hydrogen) atoms. The van der Waals surface area contributed by atoms with Crippen LogP contribution in [0.3, 0.4) is 0 Å². The first kappa shape index (κ1) is 26.1. The van der Waals surface area contributed by atoms with Crippen molar-refractivity contribution in [2.75, 3.05) is 50.5 Å². The number of imidazole rings is 1. The summed E-state index contributed by atoms with van der Waals surface area (Å²) in [5, 5.41) is 0.583. The molecule has 0 N–H and O–H groups in total. The molecule has 5 rings (SSSR count). The Balaban J connectivity index is 1.16. The zero-order valence-corrected chi connectivity index (χ0v) is 22.3. The van der Waals surface area contributed by atoms with Gasteiger partial charge >= 0.3 is 0 Å². The number of ether oxygens (including phenoxy) is 3. The number of hydrogen-bond acceptors (Lipinski definition) is 7. The molecule has 1 aromatic heterocycles. The summed E-state index contributed by atoms with van der Waals surface area (Å²) >= 11 is 6.51. The van der Waals surface area contributed by atoms with Crippen molar-refractivity contribution in [3.63, 3.8) is 0 Å². The van der Waals surface area contributed by atoms with E-state index >= 15 is 0 Å². The van der Waals surface area contributed by atoms with E-state index < -0.39 is 15.8 Å². The van der Waals surface area contributed by atoms with Gasteiger partial charge in [-0.3, -0.25) is 0 Å². The summed E-state index contributed by atoms with van der Waals surface area (Å²) < 4.78 is 45.6. The van der Waals surface area contributed by atoms with Crippen molar-refractivity contribution in [2.45, 2.75) is 25.0 Å². The summed E-state index contributed by atoms with van der Waals surface area (Å²) in [6.07, 6.45) is 6.35. The number of nitrogens with zero attached hydrogens (tertiary/aromatic N) is 4. The molecule has 3 heterocycles. The van der Waals surface area contributed by atoms with E-state index in [1.807, 2.05) is 47.2 Å². The Labute approximate surface area is 222 Å². The molecule has 3 aromatic rings. The summed E-state index contributed by atoms with van der Waals surface area (Å²) in [5.41, 5.74) is 2.89. The molecule has 2 aromatic carbocycles. The van der Waals surface area contributed by atoms with Gasteiger partial charge in [-0.15, -0.1) is 0 Å². The van der Waals surface area contributed by atoms with Crippen LogP contribution in [0.25, 0.3) is 0 Å². The lowest BCUT2D eigenvalue weighted by Gasteiger charge is -2.40. The molecule has 0 saturated carbocycles. The highest BCUT2D eigenvalue weighted by molar-refractivity contribution is 7.88. The van der Waals surface area contributed by atoms with Crippen LogP contribution in [-0.2, 0) is 43.2 Å². The monoisotopic (exact) mass is 546 g/mol. The standard InChI is InChI=1S/C26H31ClN4O5S/c1-37(32,33)31-14-12-30(13-15-31)22-8-6-21(7-9-22)16-34-23-17-35-26(36-18-23,19-29-11-10-28-20-29)24-4-2-3-5-25(24)27/h2-11,20,23H,12-19H2,1H3/t23-,26-. The molecule has 9 nitrogen and oxygen atoms in total. The van der Waals surface area contributed by atoms with Crippen molar-refractivity contribution >= 4 is 27.3 Å². The Morgan fingerprint density at radius 1 is 1.05 bits per heavy atom. The Kier molecular flexibility index (Phi) is 7.85. The summed E-state index contributed by atoms with van der Waals surface area (Å²) in [6.45, 7) is 3.93. The predicted octanol–water partition coefficient (Wildman–Crippen LogP) is 3.10. The summed E-state index contributed by atoms with van der Waals surface area (Å²) in [6, 6.07) is 15.7. The van der Waals surface area contributed by atoms with E-state index in [1.165, 1.54) is 10.6 Å². The molecule has 2 aliphatic rings. The molecule has 2 fully saturated rings. The van der Waals surface area contributed by atoms with Crippen molar-refractivity contribution in [1.29, 1.82) is 0 Å². The fraction of sp³-hybridized carbons (Fsp3) is 0.423. The van der Waals surface area contributed by atoms with Crippen molar-refractivity contribution in [3.8, 4) is 0 Å². The molecular weight excluding hydrogens is 516 g/mol. The van der Waals surface area contributed by atoms with Crippen LogP contribution in [0.4, 0.5) is 5.69 Å². The van der Waals surface area contributed by atoms with Gasteiger partial charge in [0, 0.05) is 54.8 Å². The van der Waals surface area contributed by atoms with Gasteiger partial charge in [-0.1, -0.05) is 41.9 Å². The maximum atomic E-state index is 11.7. The van der Waals surface area contributed by atoms with E-state index in [0.717, 1.165) is 16.8 Å². The van der Waals surface area contributed by atoms with Crippen molar-refractivity contribution in [2.24, 2.45) is 0 Å². The number of anilines is 1. The molecule has 0 unspecified atom stereocenters. The lowest BCUT2D eigenvalue weighted by molar-refractivity contribution is -0.313. The van der Waals surface area contributed by atoms with E-state index in [-0.39, 0.29) is 6.10 Å². The SMILES string of the molecule is CS(=O)(=O)N1CCN(c2ccc(CO[C@H]3CO[C@](Cn4ccnc4)(c4ccccc4Cl)OC3)cc2)CC1. The summed E-state index contributed by atoms with van der Waals surface area (Å²) in [5.74, 6) is -1.03. The fourth-order valence-corrected chi connectivity index (χ4v) is 5.77. The van der Waals surface area contributed by atoms with E-state index in [1.54, 1.807) is 12.5 Å². The summed E-state index contributed by atoms with van der Waals surface area (Å²) in [7, 11) is -3.14. The Hall–Kier alpha value is -2.47. The number of benzene rings is 2. The van der Waals surface area contributed by atoms with E-state index in [9.17, 15) is 8.42 Å². The smallest absolute Gasteiger partial charge is 0.215 e. The van der Waals surface area contributed by atoms with E-state index in [2.05, 4.69) is 22.0 Å². The second-order valence-electron chi connectivity index (χ2n) is 9.34. The highest BCUT2D eigenvalue weighted by Gasteiger charge is 2.41. The zero-order chi connectivity index (χ0) is 25.9. The zero-order valence-electron chi connectivity index (χ0n) is 20.7. The predicted molar refractivity (Wildman–Crippen MR) is 141 cm³/mol. The van der Waals surface area contributed by atoms with Crippen molar-refractivity contribution in [1.82, 2.24) is 13.9 Å². The molecule has 0 radical (unpaired) electrons. The van der Waals surface area contributed by atoms with Gasteiger partial charge in [0.05, 0.1) is 38.9 Å². The van der Waals surface area contributed by atoms with Crippen LogP contribution < -0.4 is 4.90 Å². The quantitative estimate of drug-likeness (QED) is 0.429. The number of aromatic nitrogens is 2. The highest BCUT2D eigenvalue weighted by atomic mass is 35.5. The van der Waals surface area contributed by atoms with Crippen LogP contribution in [0.5, 0.6) is 0 Å². The first-order chi connectivity index (χ1) is 17.8. The van der Waals surface area contributed by atoms with Crippen molar-refractivity contribution in [3.05, 3.63) is 83.4 Å². The molecule has 198 valence electrons. The molecule has 0 bridgehead atoms. The average Bonchev–Trinajstić information content (AvgIpc) is 3.41. The van der Waals surface area contributed by atoms with Gasteiger partial charge in [0.15, 0.2) is 0 Å². The molecular formula is C26H31ClN4O5S. The minimum absolute atomic E-state index is 0.220. The van der Waals surface area contributed by atoms with Crippen LogP contribution in [0.15, 0.2) is 67.3 Å². The highest BCUT2D eigenvalue weighted by Crippen LogP contribution is 2.37. The summed E-state index contributed by atoms with van der Waals surface area (Å²) in [4.78, 5) is 6.32. The lowest BCUT2D eigenvalue weighted by Crippen LogP contribution is -2.48. The second kappa shape index (κ2) is 11.1. The maximum absolute atomic E-state index is 11.7. The Morgan fingerprint density at radius 2 is 1.76 bits per heavy atom. The second-order valence-corrected chi connectivity index (χ2v) is 11.7. The molecule has 2 aliphatic heterocycles. The number of sulfonamides is 1. The van der Waals surface area contributed by atoms with Gasteiger partial charge in [-0.05, 0) is 23.8 Å². The van der Waals surface area contributed by atoms with Crippen LogP contribution in [-0.4, -0.2) is 74.0 Å². The first-order valence-electron chi connectivity index (χ1n) is 12.2. The number of halogens is 1. The average molecular weight is 547 g/mol. The minimum atomic E-state index is -3.14. The third-order valence-electron chi connectivity index (χ3n) is 6.73. The minimum Gasteiger partial charge on any atom is -0.369 e. The topological polar surface area (TPSA) is 86.1 Å². The van der Waals surface area contributed by atoms with Gasteiger partial charge in [0.1, 0.15) is 6.10 Å². The van der Waals surface area contributed by atoms with Gasteiger partial charge in [-0.25, -0.2) is 13.4 Å². The van der Waals surface area contributed by atoms with Crippen LogP contribution >= 0.6 is 11.6 Å². The molecule has 11 heteroatoms. The fourth-order valence-electron chi connectivity index (χ4n) is 4.66. The van der Waals surface area contributed by atoms with Gasteiger partial charge < -0.3 is 23.7 Å². The van der Waals surface area contributed by atoms with Gasteiger partial charge in [-0.2, -0.15) is 4.31 Å². The Bertz CT molecular complexity index is 1270. The normalized spacial score (nSPS) is 23.3. The van der Waals surface area contributed by atoms with Crippen molar-refractivity contribution < 1.29 is 22.6 Å². The number of rotatable bonds is 8. The molecule has 0 atom stereocenters. The van der Waals surface area contributed by atoms with Crippen LogP contribution in [0.2, 0.25) is 5.02 Å². The lowest BCUT2D eigenvalue weighted by atomic mass is 10.0. The molecule has 2 saturated heterocycles.